The summed E-state index contributed by atoms with van der Waals surface area (Å²) in [7, 11) is 2.12. The second-order valence-corrected chi connectivity index (χ2v) is 5.42. The second kappa shape index (κ2) is 5.96. The number of para-hydroxylation sites is 1. The summed E-state index contributed by atoms with van der Waals surface area (Å²) >= 11 is 0. The van der Waals surface area contributed by atoms with Gasteiger partial charge in [-0.3, -0.25) is 0 Å². The molecule has 0 aromatic heterocycles. The zero-order chi connectivity index (χ0) is 13.8. The topological polar surface area (TPSA) is 3.24 Å². The summed E-state index contributed by atoms with van der Waals surface area (Å²) in [5.41, 5.74) is 5.36. The molecule has 0 saturated carbocycles. The van der Waals surface area contributed by atoms with Gasteiger partial charge in [-0.1, -0.05) is 36.4 Å². The van der Waals surface area contributed by atoms with E-state index >= 15 is 0 Å². The van der Waals surface area contributed by atoms with Crippen molar-refractivity contribution in [3.05, 3.63) is 66.2 Å². The molecule has 0 aliphatic heterocycles. The fourth-order valence-corrected chi connectivity index (χ4v) is 2.80. The van der Waals surface area contributed by atoms with Crippen LogP contribution in [0.4, 0.5) is 11.4 Å². The average Bonchev–Trinajstić information content (AvgIpc) is 2.56. The van der Waals surface area contributed by atoms with Gasteiger partial charge in [0, 0.05) is 18.4 Å². The van der Waals surface area contributed by atoms with Crippen LogP contribution in [0.2, 0.25) is 0 Å². The number of nitrogens with zero attached hydrogens (tertiary/aromatic N) is 1. The summed E-state index contributed by atoms with van der Waals surface area (Å²) in [6.07, 6.45) is 7.55. The van der Waals surface area contributed by atoms with Crippen LogP contribution in [0.1, 0.15) is 31.2 Å². The van der Waals surface area contributed by atoms with E-state index in [1.165, 1.54) is 48.2 Å². The Bertz CT molecular complexity index is 581. The van der Waals surface area contributed by atoms with E-state index in [0.717, 1.165) is 0 Å². The smallest absolute Gasteiger partial charge is 0.0408 e. The minimum absolute atomic E-state index is 1.22. The standard InChI is InChI=1S/C19H21N/c1-20(18-10-6-3-7-11-18)19-14-12-17(13-15-19)16-8-4-2-5-9-16/h3,6-8,10-15H,2,4-5,9H2,1H3. The molecule has 0 spiro atoms. The number of hydrogen-bond acceptors (Lipinski definition) is 1. The van der Waals surface area contributed by atoms with E-state index < -0.39 is 0 Å². The largest absolute Gasteiger partial charge is 0.345 e. The van der Waals surface area contributed by atoms with Gasteiger partial charge < -0.3 is 4.90 Å². The molecule has 20 heavy (non-hydrogen) atoms. The van der Waals surface area contributed by atoms with Crippen LogP contribution in [-0.4, -0.2) is 7.05 Å². The highest BCUT2D eigenvalue weighted by molar-refractivity contribution is 5.70. The Kier molecular flexibility index (Phi) is 3.87. The van der Waals surface area contributed by atoms with Crippen molar-refractivity contribution >= 4 is 16.9 Å². The van der Waals surface area contributed by atoms with E-state index in [1.54, 1.807) is 0 Å². The lowest BCUT2D eigenvalue weighted by atomic mass is 9.93. The molecule has 0 radical (unpaired) electrons. The highest BCUT2D eigenvalue weighted by Gasteiger charge is 2.07. The number of hydrogen-bond donors (Lipinski definition) is 0. The lowest BCUT2D eigenvalue weighted by molar-refractivity contribution is 0.742. The molecule has 0 heterocycles. The van der Waals surface area contributed by atoms with Gasteiger partial charge in [0.1, 0.15) is 0 Å². The minimum Gasteiger partial charge on any atom is -0.345 e. The van der Waals surface area contributed by atoms with Crippen molar-refractivity contribution in [3.8, 4) is 0 Å². The van der Waals surface area contributed by atoms with Crippen molar-refractivity contribution in [2.75, 3.05) is 11.9 Å². The quantitative estimate of drug-likeness (QED) is 0.715. The molecule has 1 heteroatoms. The Labute approximate surface area is 121 Å². The minimum atomic E-state index is 1.22. The fourth-order valence-electron chi connectivity index (χ4n) is 2.80. The Morgan fingerprint density at radius 1 is 0.800 bits per heavy atom. The SMILES string of the molecule is CN(c1ccccc1)c1ccc(C2=CCCCC2)cc1. The Morgan fingerprint density at radius 2 is 1.50 bits per heavy atom. The Morgan fingerprint density at radius 3 is 2.15 bits per heavy atom. The third-order valence-electron chi connectivity index (χ3n) is 4.06. The molecular weight excluding hydrogens is 242 g/mol. The van der Waals surface area contributed by atoms with Gasteiger partial charge in [-0.25, -0.2) is 0 Å². The first-order chi connectivity index (χ1) is 9.84. The van der Waals surface area contributed by atoms with Crippen molar-refractivity contribution in [2.45, 2.75) is 25.7 Å². The molecule has 0 N–H and O–H groups in total. The molecule has 1 nitrogen and oxygen atoms in total. The molecule has 1 aliphatic carbocycles. The molecule has 0 atom stereocenters. The number of anilines is 2. The zero-order valence-corrected chi connectivity index (χ0v) is 12.0. The van der Waals surface area contributed by atoms with Crippen LogP contribution in [0, 0.1) is 0 Å². The predicted octanol–water partition coefficient (Wildman–Crippen LogP) is 5.41. The third-order valence-corrected chi connectivity index (χ3v) is 4.06. The van der Waals surface area contributed by atoms with Crippen LogP contribution in [0.3, 0.4) is 0 Å². The van der Waals surface area contributed by atoms with Crippen molar-refractivity contribution in [1.82, 2.24) is 0 Å². The summed E-state index contributed by atoms with van der Waals surface area (Å²) < 4.78 is 0. The molecule has 0 saturated heterocycles. The van der Waals surface area contributed by atoms with Crippen LogP contribution in [0.25, 0.3) is 5.57 Å². The normalized spacial score (nSPS) is 14.8. The van der Waals surface area contributed by atoms with E-state index in [2.05, 4.69) is 72.6 Å². The van der Waals surface area contributed by atoms with Crippen molar-refractivity contribution in [2.24, 2.45) is 0 Å². The molecule has 2 aromatic rings. The van der Waals surface area contributed by atoms with Crippen LogP contribution in [0.5, 0.6) is 0 Å². The van der Waals surface area contributed by atoms with E-state index in [9.17, 15) is 0 Å². The summed E-state index contributed by atoms with van der Waals surface area (Å²) in [5.74, 6) is 0. The van der Waals surface area contributed by atoms with Crippen molar-refractivity contribution in [1.29, 1.82) is 0 Å². The van der Waals surface area contributed by atoms with Crippen LogP contribution in [-0.2, 0) is 0 Å². The van der Waals surface area contributed by atoms with Gasteiger partial charge in [0.2, 0.25) is 0 Å². The maximum absolute atomic E-state index is 2.40. The summed E-state index contributed by atoms with van der Waals surface area (Å²) in [6.45, 7) is 0. The van der Waals surface area contributed by atoms with Crippen molar-refractivity contribution in [3.63, 3.8) is 0 Å². The molecule has 0 unspecified atom stereocenters. The number of rotatable bonds is 3. The maximum atomic E-state index is 2.40. The van der Waals surface area contributed by atoms with E-state index in [0.29, 0.717) is 0 Å². The first kappa shape index (κ1) is 13.0. The lowest BCUT2D eigenvalue weighted by Gasteiger charge is -2.20. The predicted molar refractivity (Wildman–Crippen MR) is 87.4 cm³/mol. The Balaban J connectivity index is 1.81. The monoisotopic (exact) mass is 263 g/mol. The summed E-state index contributed by atoms with van der Waals surface area (Å²) in [4.78, 5) is 2.22. The van der Waals surface area contributed by atoms with Gasteiger partial charge in [-0.2, -0.15) is 0 Å². The lowest BCUT2D eigenvalue weighted by Crippen LogP contribution is -2.08. The van der Waals surface area contributed by atoms with E-state index in [4.69, 9.17) is 0 Å². The number of benzene rings is 2. The van der Waals surface area contributed by atoms with Crippen molar-refractivity contribution < 1.29 is 0 Å². The fraction of sp³-hybridized carbons (Fsp3) is 0.263. The van der Waals surface area contributed by atoms with Crippen LogP contribution < -0.4 is 4.90 Å². The molecule has 0 amide bonds. The molecule has 2 aromatic carbocycles. The van der Waals surface area contributed by atoms with Gasteiger partial charge in [0.25, 0.3) is 0 Å². The first-order valence-corrected chi connectivity index (χ1v) is 7.43. The maximum Gasteiger partial charge on any atom is 0.0408 e. The van der Waals surface area contributed by atoms with Gasteiger partial charge in [-0.15, -0.1) is 0 Å². The molecule has 0 fully saturated rings. The van der Waals surface area contributed by atoms with E-state index in [1.807, 2.05) is 0 Å². The van der Waals surface area contributed by atoms with Gasteiger partial charge in [-0.05, 0) is 61.1 Å². The second-order valence-electron chi connectivity index (χ2n) is 5.42. The van der Waals surface area contributed by atoms with Crippen LogP contribution >= 0.6 is 0 Å². The summed E-state index contributed by atoms with van der Waals surface area (Å²) in [5, 5.41) is 0. The first-order valence-electron chi connectivity index (χ1n) is 7.43. The Hall–Kier alpha value is -2.02. The molecular formula is C19H21N. The van der Waals surface area contributed by atoms with Crippen LogP contribution in [0.15, 0.2) is 60.7 Å². The molecule has 3 rings (SSSR count). The average molecular weight is 263 g/mol. The van der Waals surface area contributed by atoms with Gasteiger partial charge in [0.15, 0.2) is 0 Å². The van der Waals surface area contributed by atoms with Gasteiger partial charge >= 0.3 is 0 Å². The molecule has 0 bridgehead atoms. The third kappa shape index (κ3) is 2.77. The highest BCUT2D eigenvalue weighted by Crippen LogP contribution is 2.29. The van der Waals surface area contributed by atoms with E-state index in [-0.39, 0.29) is 0 Å². The zero-order valence-electron chi connectivity index (χ0n) is 12.0. The summed E-state index contributed by atoms with van der Waals surface area (Å²) in [6, 6.07) is 19.4. The molecule has 102 valence electrons. The highest BCUT2D eigenvalue weighted by atomic mass is 15.1. The number of allylic oxidation sites excluding steroid dienone is 2. The van der Waals surface area contributed by atoms with Gasteiger partial charge in [0.05, 0.1) is 0 Å². The molecule has 1 aliphatic rings.